The van der Waals surface area contributed by atoms with Crippen molar-refractivity contribution in [3.8, 4) is 11.5 Å². The fraction of sp³-hybridized carbons (Fsp3) is 0.625. The fourth-order valence-electron chi connectivity index (χ4n) is 3.55. The van der Waals surface area contributed by atoms with Gasteiger partial charge in [0.05, 0.1) is 11.6 Å². The highest BCUT2D eigenvalue weighted by Gasteiger charge is 2.40. The Labute approximate surface area is 125 Å². The van der Waals surface area contributed by atoms with Gasteiger partial charge in [-0.3, -0.25) is 11.3 Å². The molecule has 0 amide bonds. The van der Waals surface area contributed by atoms with Gasteiger partial charge in [-0.2, -0.15) is 0 Å². The molecule has 5 heteroatoms. The Morgan fingerprint density at radius 1 is 1.14 bits per heavy atom. The van der Waals surface area contributed by atoms with Crippen molar-refractivity contribution in [1.82, 2.24) is 5.43 Å². The van der Waals surface area contributed by atoms with Crippen molar-refractivity contribution in [2.45, 2.75) is 43.7 Å². The molecule has 0 saturated heterocycles. The van der Waals surface area contributed by atoms with Gasteiger partial charge in [-0.15, -0.1) is 0 Å². The minimum atomic E-state index is -0.239. The first-order valence-electron chi connectivity index (χ1n) is 7.70. The zero-order chi connectivity index (χ0) is 14.7. The van der Waals surface area contributed by atoms with E-state index in [0.29, 0.717) is 13.2 Å². The maximum atomic E-state index is 5.92. The first-order valence-corrected chi connectivity index (χ1v) is 7.70. The van der Waals surface area contributed by atoms with Crippen LogP contribution in [0, 0.1) is 0 Å². The van der Waals surface area contributed by atoms with Crippen LogP contribution in [0.2, 0.25) is 0 Å². The van der Waals surface area contributed by atoms with Crippen LogP contribution in [0.4, 0.5) is 0 Å². The Morgan fingerprint density at radius 3 is 2.52 bits per heavy atom. The van der Waals surface area contributed by atoms with Gasteiger partial charge < -0.3 is 14.2 Å². The summed E-state index contributed by atoms with van der Waals surface area (Å²) in [5.41, 5.74) is 3.81. The highest BCUT2D eigenvalue weighted by atomic mass is 16.6. The first-order chi connectivity index (χ1) is 10.3. The molecule has 116 valence electrons. The largest absolute Gasteiger partial charge is 0.486 e. The van der Waals surface area contributed by atoms with Crippen molar-refractivity contribution < 1.29 is 14.2 Å². The highest BCUT2D eigenvalue weighted by Crippen LogP contribution is 2.42. The number of benzene rings is 1. The molecular formula is C16H24N2O3. The van der Waals surface area contributed by atoms with Crippen LogP contribution in [0.15, 0.2) is 18.2 Å². The second-order valence-electron chi connectivity index (χ2n) is 5.83. The maximum Gasteiger partial charge on any atom is 0.161 e. The first kappa shape index (κ1) is 14.6. The molecule has 1 atom stereocenters. The third kappa shape index (κ3) is 2.73. The number of fused-ring (bicyclic) bond motifs is 1. The van der Waals surface area contributed by atoms with E-state index in [2.05, 4.69) is 5.43 Å². The monoisotopic (exact) mass is 292 g/mol. The molecule has 0 spiro atoms. The number of methoxy groups -OCH3 is 1. The zero-order valence-corrected chi connectivity index (χ0v) is 12.6. The number of nitrogens with two attached hydrogens (primary N) is 1. The average Bonchev–Trinajstić information content (AvgIpc) is 2.56. The molecule has 1 aromatic carbocycles. The average molecular weight is 292 g/mol. The lowest BCUT2D eigenvalue weighted by Crippen LogP contribution is -2.49. The summed E-state index contributed by atoms with van der Waals surface area (Å²) < 4.78 is 17.2. The number of rotatable bonds is 4. The Morgan fingerprint density at radius 2 is 1.86 bits per heavy atom. The van der Waals surface area contributed by atoms with E-state index >= 15 is 0 Å². The van der Waals surface area contributed by atoms with Gasteiger partial charge in [-0.05, 0) is 30.5 Å². The Balaban J connectivity index is 1.91. The fourth-order valence-corrected chi connectivity index (χ4v) is 3.55. The molecule has 3 rings (SSSR count). The van der Waals surface area contributed by atoms with Gasteiger partial charge in [0.25, 0.3) is 0 Å². The molecule has 0 aromatic heterocycles. The minimum absolute atomic E-state index is 0.0429. The van der Waals surface area contributed by atoms with Gasteiger partial charge in [0.15, 0.2) is 11.5 Å². The van der Waals surface area contributed by atoms with E-state index in [0.717, 1.165) is 29.9 Å². The second kappa shape index (κ2) is 6.22. The summed E-state index contributed by atoms with van der Waals surface area (Å²) >= 11 is 0. The smallest absolute Gasteiger partial charge is 0.161 e. The van der Waals surface area contributed by atoms with E-state index in [9.17, 15) is 0 Å². The quantitative estimate of drug-likeness (QED) is 0.658. The third-order valence-electron chi connectivity index (χ3n) is 4.70. The van der Waals surface area contributed by atoms with E-state index in [4.69, 9.17) is 20.1 Å². The van der Waals surface area contributed by atoms with Crippen LogP contribution in [0.25, 0.3) is 0 Å². The Hall–Kier alpha value is -1.30. The molecule has 1 aliphatic heterocycles. The van der Waals surface area contributed by atoms with Crippen LogP contribution in [0.5, 0.6) is 11.5 Å². The Kier molecular flexibility index (Phi) is 4.33. The Bertz CT molecular complexity index is 486. The lowest BCUT2D eigenvalue weighted by atomic mass is 9.77. The normalized spacial score (nSPS) is 21.8. The SMILES string of the molecule is COC1(C(NN)c2ccc3c(c2)OCCO3)CCCCC1. The van der Waals surface area contributed by atoms with E-state index in [1.807, 2.05) is 18.2 Å². The number of ether oxygens (including phenoxy) is 3. The number of nitrogens with one attached hydrogen (secondary N) is 1. The van der Waals surface area contributed by atoms with Gasteiger partial charge in [0, 0.05) is 7.11 Å². The van der Waals surface area contributed by atoms with Crippen LogP contribution in [0.3, 0.4) is 0 Å². The molecule has 0 bridgehead atoms. The molecule has 21 heavy (non-hydrogen) atoms. The van der Waals surface area contributed by atoms with E-state index in [-0.39, 0.29) is 11.6 Å². The third-order valence-corrected chi connectivity index (χ3v) is 4.70. The zero-order valence-electron chi connectivity index (χ0n) is 12.6. The topological polar surface area (TPSA) is 65.7 Å². The standard InChI is InChI=1S/C16H24N2O3/c1-19-16(7-3-2-4-8-16)15(18-17)12-5-6-13-14(11-12)21-10-9-20-13/h5-6,11,15,18H,2-4,7-10,17H2,1H3. The molecule has 3 N–H and O–H groups in total. The van der Waals surface area contributed by atoms with Crippen LogP contribution in [0.1, 0.15) is 43.7 Å². The molecule has 1 aromatic rings. The summed E-state index contributed by atoms with van der Waals surface area (Å²) in [6.07, 6.45) is 5.66. The van der Waals surface area contributed by atoms with Gasteiger partial charge in [-0.1, -0.05) is 25.3 Å². The molecule has 2 aliphatic rings. The van der Waals surface area contributed by atoms with Crippen molar-refractivity contribution in [3.63, 3.8) is 0 Å². The summed E-state index contributed by atoms with van der Waals surface area (Å²) in [4.78, 5) is 0. The predicted molar refractivity (Wildman–Crippen MR) is 80.3 cm³/mol. The summed E-state index contributed by atoms with van der Waals surface area (Å²) in [5, 5.41) is 0. The molecule has 5 nitrogen and oxygen atoms in total. The van der Waals surface area contributed by atoms with Crippen LogP contribution >= 0.6 is 0 Å². The van der Waals surface area contributed by atoms with Gasteiger partial charge in [0.1, 0.15) is 13.2 Å². The van der Waals surface area contributed by atoms with Gasteiger partial charge in [0.2, 0.25) is 0 Å². The van der Waals surface area contributed by atoms with E-state index in [1.165, 1.54) is 19.3 Å². The van der Waals surface area contributed by atoms with E-state index < -0.39 is 0 Å². The molecule has 1 aliphatic carbocycles. The predicted octanol–water partition coefficient (Wildman–Crippen LogP) is 2.31. The van der Waals surface area contributed by atoms with Crippen molar-refractivity contribution in [3.05, 3.63) is 23.8 Å². The number of hydrogen-bond acceptors (Lipinski definition) is 5. The number of hydrogen-bond donors (Lipinski definition) is 2. The molecule has 1 fully saturated rings. The second-order valence-corrected chi connectivity index (χ2v) is 5.83. The minimum Gasteiger partial charge on any atom is -0.486 e. The molecular weight excluding hydrogens is 268 g/mol. The maximum absolute atomic E-state index is 5.92. The lowest BCUT2D eigenvalue weighted by Gasteiger charge is -2.42. The van der Waals surface area contributed by atoms with Gasteiger partial charge in [-0.25, -0.2) is 0 Å². The highest BCUT2D eigenvalue weighted by molar-refractivity contribution is 5.45. The van der Waals surface area contributed by atoms with Crippen LogP contribution in [-0.4, -0.2) is 25.9 Å². The van der Waals surface area contributed by atoms with Crippen molar-refractivity contribution >= 4 is 0 Å². The van der Waals surface area contributed by atoms with Crippen molar-refractivity contribution in [2.75, 3.05) is 20.3 Å². The van der Waals surface area contributed by atoms with E-state index in [1.54, 1.807) is 7.11 Å². The molecule has 1 heterocycles. The van der Waals surface area contributed by atoms with Crippen LogP contribution in [-0.2, 0) is 4.74 Å². The number of hydrazine groups is 1. The van der Waals surface area contributed by atoms with Crippen molar-refractivity contribution in [2.24, 2.45) is 5.84 Å². The molecule has 1 unspecified atom stereocenters. The summed E-state index contributed by atoms with van der Waals surface area (Å²) in [7, 11) is 1.79. The van der Waals surface area contributed by atoms with Crippen LogP contribution < -0.4 is 20.7 Å². The summed E-state index contributed by atoms with van der Waals surface area (Å²) in [6.45, 7) is 1.19. The van der Waals surface area contributed by atoms with Gasteiger partial charge >= 0.3 is 0 Å². The van der Waals surface area contributed by atoms with Crippen molar-refractivity contribution in [1.29, 1.82) is 0 Å². The molecule has 0 radical (unpaired) electrons. The molecule has 1 saturated carbocycles. The summed E-state index contributed by atoms with van der Waals surface area (Å²) in [6, 6.07) is 5.99. The lowest BCUT2D eigenvalue weighted by molar-refractivity contribution is -0.0689. The summed E-state index contributed by atoms with van der Waals surface area (Å²) in [5.74, 6) is 7.46.